The summed E-state index contributed by atoms with van der Waals surface area (Å²) in [5.41, 5.74) is 2.87. The molecule has 0 bridgehead atoms. The van der Waals surface area contributed by atoms with Crippen LogP contribution in [0, 0.1) is 6.92 Å². The van der Waals surface area contributed by atoms with Crippen molar-refractivity contribution in [3.8, 4) is 0 Å². The van der Waals surface area contributed by atoms with E-state index in [1.165, 1.54) is 0 Å². The van der Waals surface area contributed by atoms with Gasteiger partial charge in [0.2, 0.25) is 11.8 Å². The van der Waals surface area contributed by atoms with Crippen LogP contribution in [0.5, 0.6) is 0 Å². The van der Waals surface area contributed by atoms with Crippen LogP contribution in [0.2, 0.25) is 10.0 Å². The van der Waals surface area contributed by atoms with E-state index >= 15 is 0 Å². The highest BCUT2D eigenvalue weighted by atomic mass is 35.5. The molecule has 0 saturated carbocycles. The van der Waals surface area contributed by atoms with Crippen molar-refractivity contribution in [2.24, 2.45) is 0 Å². The van der Waals surface area contributed by atoms with E-state index in [-0.39, 0.29) is 30.8 Å². The van der Waals surface area contributed by atoms with Crippen molar-refractivity contribution in [1.29, 1.82) is 0 Å². The summed E-state index contributed by atoms with van der Waals surface area (Å²) in [5.74, 6) is -0.289. The molecule has 0 heterocycles. The van der Waals surface area contributed by atoms with Gasteiger partial charge in [0, 0.05) is 12.6 Å². The van der Waals surface area contributed by atoms with E-state index in [2.05, 4.69) is 5.32 Å². The molecule has 0 fully saturated rings. The predicted molar refractivity (Wildman–Crippen MR) is 119 cm³/mol. The van der Waals surface area contributed by atoms with E-state index in [0.717, 1.165) is 23.1 Å². The van der Waals surface area contributed by atoms with Gasteiger partial charge < -0.3 is 10.2 Å². The van der Waals surface area contributed by atoms with Gasteiger partial charge in [-0.2, -0.15) is 0 Å². The second-order valence-corrected chi connectivity index (χ2v) is 8.24. The fourth-order valence-corrected chi connectivity index (χ4v) is 3.19. The van der Waals surface area contributed by atoms with Gasteiger partial charge in [-0.15, -0.1) is 0 Å². The molecule has 0 aliphatic heterocycles. The minimum absolute atomic E-state index is 0.0453. The van der Waals surface area contributed by atoms with Crippen LogP contribution in [0.15, 0.2) is 42.5 Å². The maximum atomic E-state index is 13.1. The highest BCUT2D eigenvalue weighted by molar-refractivity contribution is 6.42. The number of nitrogens with one attached hydrogen (secondary N) is 1. The summed E-state index contributed by atoms with van der Waals surface area (Å²) in [7, 11) is 0. The molecule has 29 heavy (non-hydrogen) atoms. The van der Waals surface area contributed by atoms with Crippen LogP contribution in [0.25, 0.3) is 0 Å². The molecule has 156 valence electrons. The highest BCUT2D eigenvalue weighted by Gasteiger charge is 2.27. The van der Waals surface area contributed by atoms with Gasteiger partial charge in [-0.05, 0) is 50.5 Å². The van der Waals surface area contributed by atoms with E-state index in [9.17, 15) is 9.59 Å². The van der Waals surface area contributed by atoms with Crippen LogP contribution in [-0.4, -0.2) is 28.8 Å². The topological polar surface area (TPSA) is 49.4 Å². The lowest BCUT2D eigenvalue weighted by molar-refractivity contribution is -0.140. The first kappa shape index (κ1) is 23.2. The molecule has 0 saturated heterocycles. The maximum Gasteiger partial charge on any atom is 0.242 e. The van der Waals surface area contributed by atoms with Crippen molar-refractivity contribution >= 4 is 35.0 Å². The molecule has 2 aromatic rings. The molecule has 6 heteroatoms. The van der Waals surface area contributed by atoms with Crippen LogP contribution >= 0.6 is 23.2 Å². The number of benzene rings is 2. The molecule has 2 atom stereocenters. The lowest BCUT2D eigenvalue weighted by Crippen LogP contribution is -2.49. The van der Waals surface area contributed by atoms with Crippen molar-refractivity contribution in [2.45, 2.75) is 59.2 Å². The molecular weight excluding hydrogens is 407 g/mol. The van der Waals surface area contributed by atoms with Crippen LogP contribution < -0.4 is 5.32 Å². The lowest BCUT2D eigenvalue weighted by Gasteiger charge is -2.30. The first-order chi connectivity index (χ1) is 13.7. The van der Waals surface area contributed by atoms with E-state index in [1.54, 1.807) is 24.0 Å². The van der Waals surface area contributed by atoms with Gasteiger partial charge in [0.15, 0.2) is 0 Å². The average Bonchev–Trinajstić information content (AvgIpc) is 2.69. The third kappa shape index (κ3) is 6.76. The molecule has 0 radical (unpaired) electrons. The Labute approximate surface area is 183 Å². The van der Waals surface area contributed by atoms with Crippen molar-refractivity contribution in [3.63, 3.8) is 0 Å². The lowest BCUT2D eigenvalue weighted by atomic mass is 10.1. The zero-order valence-corrected chi connectivity index (χ0v) is 18.8. The first-order valence-corrected chi connectivity index (χ1v) is 10.6. The minimum Gasteiger partial charge on any atom is -0.352 e. The molecule has 2 amide bonds. The van der Waals surface area contributed by atoms with Crippen molar-refractivity contribution in [2.75, 3.05) is 0 Å². The van der Waals surface area contributed by atoms with Gasteiger partial charge in [-0.1, -0.05) is 66.0 Å². The van der Waals surface area contributed by atoms with Gasteiger partial charge in [0.1, 0.15) is 6.04 Å². The number of nitrogens with zero attached hydrogens (tertiary/aromatic N) is 1. The normalized spacial score (nSPS) is 12.9. The molecule has 0 aromatic heterocycles. The second-order valence-electron chi connectivity index (χ2n) is 7.43. The number of hydrogen-bond donors (Lipinski definition) is 1. The Bertz CT molecular complexity index is 852. The van der Waals surface area contributed by atoms with Crippen LogP contribution in [0.1, 0.15) is 43.9 Å². The van der Waals surface area contributed by atoms with Crippen LogP contribution in [0.3, 0.4) is 0 Å². The van der Waals surface area contributed by atoms with Gasteiger partial charge in [0.05, 0.1) is 16.5 Å². The van der Waals surface area contributed by atoms with Crippen LogP contribution in [0.4, 0.5) is 0 Å². The summed E-state index contributed by atoms with van der Waals surface area (Å²) < 4.78 is 0. The molecule has 2 aromatic carbocycles. The number of amides is 2. The second kappa shape index (κ2) is 10.7. The van der Waals surface area contributed by atoms with Crippen molar-refractivity contribution < 1.29 is 9.59 Å². The van der Waals surface area contributed by atoms with Crippen LogP contribution in [-0.2, 0) is 22.6 Å². The minimum atomic E-state index is -0.614. The van der Waals surface area contributed by atoms with Gasteiger partial charge >= 0.3 is 0 Å². The Balaban J connectivity index is 2.25. The molecule has 0 spiro atoms. The van der Waals surface area contributed by atoms with Gasteiger partial charge in [-0.3, -0.25) is 9.59 Å². The van der Waals surface area contributed by atoms with Crippen molar-refractivity contribution in [3.05, 3.63) is 69.2 Å². The summed E-state index contributed by atoms with van der Waals surface area (Å²) in [5, 5.41) is 3.84. The summed E-state index contributed by atoms with van der Waals surface area (Å²) in [4.78, 5) is 27.5. The number of hydrogen-bond acceptors (Lipinski definition) is 2. The molecule has 4 nitrogen and oxygen atoms in total. The molecule has 1 N–H and O–H groups in total. The maximum absolute atomic E-state index is 13.1. The predicted octanol–water partition coefficient (Wildman–Crippen LogP) is 5.18. The number of carbonyl (C=O) groups is 2. The molecule has 0 aliphatic carbocycles. The van der Waals surface area contributed by atoms with Crippen molar-refractivity contribution in [1.82, 2.24) is 10.2 Å². The fourth-order valence-electron chi connectivity index (χ4n) is 2.86. The Morgan fingerprint density at radius 1 is 1.00 bits per heavy atom. The van der Waals surface area contributed by atoms with E-state index in [1.807, 2.05) is 51.1 Å². The number of aryl methyl sites for hydroxylation is 1. The Morgan fingerprint density at radius 2 is 1.62 bits per heavy atom. The summed E-state index contributed by atoms with van der Waals surface area (Å²) >= 11 is 12.1. The first-order valence-electron chi connectivity index (χ1n) is 9.80. The number of carbonyl (C=O) groups excluding carboxylic acids is 2. The third-order valence-corrected chi connectivity index (χ3v) is 5.72. The summed E-state index contributed by atoms with van der Waals surface area (Å²) in [6, 6.07) is 12.5. The zero-order valence-electron chi connectivity index (χ0n) is 17.3. The quantitative estimate of drug-likeness (QED) is 0.622. The Morgan fingerprint density at radius 3 is 2.21 bits per heavy atom. The van der Waals surface area contributed by atoms with E-state index in [0.29, 0.717) is 10.0 Å². The molecule has 0 aliphatic rings. The van der Waals surface area contributed by atoms with Gasteiger partial charge in [0.25, 0.3) is 0 Å². The monoisotopic (exact) mass is 434 g/mol. The number of rotatable bonds is 8. The molecular formula is C23H28Cl2N2O2. The SMILES string of the molecule is CC[C@H](C)NC(=O)[C@@H](C)N(Cc1ccc(Cl)c(Cl)c1)C(=O)Cc1ccc(C)cc1. The standard InChI is InChI=1S/C23H28Cl2N2O2/c1-5-16(3)26-23(29)17(4)27(14-19-10-11-20(24)21(25)12-19)22(28)13-18-8-6-15(2)7-9-18/h6-12,16-17H,5,13-14H2,1-4H3,(H,26,29)/t16-,17+/m0/s1. The summed E-state index contributed by atoms with van der Waals surface area (Å²) in [6.45, 7) is 7.98. The fraction of sp³-hybridized carbons (Fsp3) is 0.391. The highest BCUT2D eigenvalue weighted by Crippen LogP contribution is 2.24. The molecule has 0 unspecified atom stereocenters. The van der Waals surface area contributed by atoms with Gasteiger partial charge in [-0.25, -0.2) is 0 Å². The largest absolute Gasteiger partial charge is 0.352 e. The third-order valence-electron chi connectivity index (χ3n) is 4.98. The summed E-state index contributed by atoms with van der Waals surface area (Å²) in [6.07, 6.45) is 1.05. The smallest absolute Gasteiger partial charge is 0.242 e. The average molecular weight is 435 g/mol. The zero-order chi connectivity index (χ0) is 21.6. The Kier molecular flexibility index (Phi) is 8.54. The Hall–Kier alpha value is -2.04. The molecule has 2 rings (SSSR count). The number of halogens is 2. The van der Waals surface area contributed by atoms with E-state index in [4.69, 9.17) is 23.2 Å². The van der Waals surface area contributed by atoms with E-state index < -0.39 is 6.04 Å².